The molecule has 6 heteroatoms. The summed E-state index contributed by atoms with van der Waals surface area (Å²) in [5.41, 5.74) is 4.84. The largest absolute Gasteiger partial charge is 0.347 e. The summed E-state index contributed by atoms with van der Waals surface area (Å²) < 4.78 is 14.9. The highest BCUT2D eigenvalue weighted by molar-refractivity contribution is 5.95. The van der Waals surface area contributed by atoms with E-state index < -0.39 is 0 Å². The fraction of sp³-hybridized carbons (Fsp3) is 0.0417. The molecule has 5 nitrogen and oxygen atoms in total. The molecule has 1 N–H and O–H groups in total. The topological polar surface area (TPSA) is 59.3 Å². The fourth-order valence-corrected chi connectivity index (χ4v) is 3.49. The molecule has 3 aromatic heterocycles. The lowest BCUT2D eigenvalue weighted by Crippen LogP contribution is -2.23. The number of pyridine rings is 2. The quantitative estimate of drug-likeness (QED) is 0.482. The van der Waals surface area contributed by atoms with Crippen LogP contribution in [-0.4, -0.2) is 20.3 Å². The normalized spacial score (nSPS) is 11.1. The fourth-order valence-electron chi connectivity index (χ4n) is 3.49. The van der Waals surface area contributed by atoms with Crippen LogP contribution < -0.4 is 5.32 Å². The number of fused-ring (bicyclic) bond motifs is 2. The minimum Gasteiger partial charge on any atom is -0.347 e. The van der Waals surface area contributed by atoms with E-state index in [0.29, 0.717) is 17.9 Å². The standard InChI is InChI=1S/C24H17FN4O/c25-18-9-6-16(7-10-18)13-27-24(30)22-15-29-14-17(8-11-23(29)28-22)19-3-1-5-21-20(19)4-2-12-26-21/h1-12,14-15H,13H2,(H,27,30). The second kappa shape index (κ2) is 7.40. The first-order valence-electron chi connectivity index (χ1n) is 9.53. The number of amides is 1. The molecule has 0 aliphatic carbocycles. The molecule has 2 aromatic carbocycles. The van der Waals surface area contributed by atoms with Crippen molar-refractivity contribution in [1.82, 2.24) is 19.7 Å². The van der Waals surface area contributed by atoms with Gasteiger partial charge in [-0.2, -0.15) is 0 Å². The lowest BCUT2D eigenvalue weighted by atomic mass is 10.0. The first-order valence-corrected chi connectivity index (χ1v) is 9.53. The highest BCUT2D eigenvalue weighted by atomic mass is 19.1. The van der Waals surface area contributed by atoms with Crippen molar-refractivity contribution in [1.29, 1.82) is 0 Å². The Labute approximate surface area is 171 Å². The number of hydrogen-bond donors (Lipinski definition) is 1. The van der Waals surface area contributed by atoms with Gasteiger partial charge in [0.25, 0.3) is 5.91 Å². The van der Waals surface area contributed by atoms with E-state index in [-0.39, 0.29) is 11.7 Å². The Balaban J connectivity index is 1.42. The number of halogens is 1. The van der Waals surface area contributed by atoms with Gasteiger partial charge in [-0.1, -0.05) is 30.3 Å². The first-order chi connectivity index (χ1) is 14.7. The molecule has 0 atom stereocenters. The van der Waals surface area contributed by atoms with Crippen LogP contribution in [0, 0.1) is 5.82 Å². The number of nitrogens with one attached hydrogen (secondary N) is 1. The van der Waals surface area contributed by atoms with E-state index in [2.05, 4.69) is 21.4 Å². The van der Waals surface area contributed by atoms with E-state index in [1.54, 1.807) is 24.5 Å². The molecular formula is C24H17FN4O. The SMILES string of the molecule is O=C(NCc1ccc(F)cc1)c1cn2cc(-c3cccc4ncccc34)ccc2n1. The summed E-state index contributed by atoms with van der Waals surface area (Å²) in [5.74, 6) is -0.581. The summed E-state index contributed by atoms with van der Waals surface area (Å²) in [7, 11) is 0. The van der Waals surface area contributed by atoms with Gasteiger partial charge in [-0.15, -0.1) is 0 Å². The van der Waals surface area contributed by atoms with Gasteiger partial charge in [0, 0.05) is 30.5 Å². The number of aromatic nitrogens is 3. The molecule has 3 heterocycles. The zero-order valence-electron chi connectivity index (χ0n) is 15.9. The van der Waals surface area contributed by atoms with Crippen LogP contribution in [0.15, 0.2) is 85.3 Å². The average molecular weight is 396 g/mol. The molecule has 0 aliphatic rings. The monoisotopic (exact) mass is 396 g/mol. The lowest BCUT2D eigenvalue weighted by molar-refractivity contribution is 0.0946. The van der Waals surface area contributed by atoms with Gasteiger partial charge in [0.2, 0.25) is 0 Å². The van der Waals surface area contributed by atoms with Crippen molar-refractivity contribution in [3.63, 3.8) is 0 Å². The highest BCUT2D eigenvalue weighted by Gasteiger charge is 2.12. The third-order valence-corrected chi connectivity index (χ3v) is 5.01. The van der Waals surface area contributed by atoms with Crippen molar-refractivity contribution >= 4 is 22.5 Å². The Morgan fingerprint density at radius 3 is 2.70 bits per heavy atom. The smallest absolute Gasteiger partial charge is 0.271 e. The van der Waals surface area contributed by atoms with Gasteiger partial charge < -0.3 is 9.72 Å². The zero-order chi connectivity index (χ0) is 20.5. The van der Waals surface area contributed by atoms with Gasteiger partial charge in [0.15, 0.2) is 0 Å². The lowest BCUT2D eigenvalue weighted by Gasteiger charge is -2.06. The number of benzene rings is 2. The maximum absolute atomic E-state index is 13.0. The zero-order valence-corrected chi connectivity index (χ0v) is 15.9. The maximum Gasteiger partial charge on any atom is 0.271 e. The summed E-state index contributed by atoms with van der Waals surface area (Å²) >= 11 is 0. The van der Waals surface area contributed by atoms with Crippen molar-refractivity contribution in [3.8, 4) is 11.1 Å². The summed E-state index contributed by atoms with van der Waals surface area (Å²) in [6, 6.07) is 19.9. The Hall–Kier alpha value is -4.06. The molecule has 0 aliphatic heterocycles. The molecule has 146 valence electrons. The molecule has 0 fully saturated rings. The number of nitrogens with zero attached hydrogens (tertiary/aromatic N) is 3. The van der Waals surface area contributed by atoms with Crippen LogP contribution in [0.25, 0.3) is 27.7 Å². The van der Waals surface area contributed by atoms with Crippen LogP contribution >= 0.6 is 0 Å². The van der Waals surface area contributed by atoms with Crippen LogP contribution in [0.4, 0.5) is 4.39 Å². The van der Waals surface area contributed by atoms with Gasteiger partial charge in [-0.25, -0.2) is 9.37 Å². The van der Waals surface area contributed by atoms with Gasteiger partial charge in [0.05, 0.1) is 5.52 Å². The van der Waals surface area contributed by atoms with Crippen LogP contribution in [0.2, 0.25) is 0 Å². The number of hydrogen-bond acceptors (Lipinski definition) is 3. The minimum absolute atomic E-state index is 0.279. The second-order valence-corrected chi connectivity index (χ2v) is 6.99. The summed E-state index contributed by atoms with van der Waals surface area (Å²) in [5, 5.41) is 3.89. The number of rotatable bonds is 4. The average Bonchev–Trinajstić information content (AvgIpc) is 3.22. The van der Waals surface area contributed by atoms with Crippen LogP contribution in [0.5, 0.6) is 0 Å². The van der Waals surface area contributed by atoms with E-state index >= 15 is 0 Å². The van der Waals surface area contributed by atoms with E-state index in [1.807, 2.05) is 47.0 Å². The third-order valence-electron chi connectivity index (χ3n) is 5.01. The molecule has 0 saturated heterocycles. The van der Waals surface area contributed by atoms with Crippen molar-refractivity contribution in [2.24, 2.45) is 0 Å². The van der Waals surface area contributed by atoms with Gasteiger partial charge >= 0.3 is 0 Å². The summed E-state index contributed by atoms with van der Waals surface area (Å²) in [6.07, 6.45) is 5.45. The highest BCUT2D eigenvalue weighted by Crippen LogP contribution is 2.27. The van der Waals surface area contributed by atoms with Crippen molar-refractivity contribution in [2.75, 3.05) is 0 Å². The van der Waals surface area contributed by atoms with E-state index in [0.717, 1.165) is 27.6 Å². The van der Waals surface area contributed by atoms with Gasteiger partial charge in [-0.05, 0) is 53.1 Å². The number of imidazole rings is 1. The minimum atomic E-state index is -0.303. The Morgan fingerprint density at radius 2 is 1.83 bits per heavy atom. The molecule has 0 radical (unpaired) electrons. The molecule has 30 heavy (non-hydrogen) atoms. The van der Waals surface area contributed by atoms with Crippen LogP contribution in [0.3, 0.4) is 0 Å². The Morgan fingerprint density at radius 1 is 0.967 bits per heavy atom. The Kier molecular flexibility index (Phi) is 4.44. The number of carbonyl (C=O) groups is 1. The molecular weight excluding hydrogens is 379 g/mol. The molecule has 0 bridgehead atoms. The van der Waals surface area contributed by atoms with Gasteiger partial charge in [-0.3, -0.25) is 9.78 Å². The molecule has 5 rings (SSSR count). The van der Waals surface area contributed by atoms with Crippen molar-refractivity contribution in [3.05, 3.63) is 102 Å². The van der Waals surface area contributed by atoms with Crippen LogP contribution in [-0.2, 0) is 6.54 Å². The predicted molar refractivity (Wildman–Crippen MR) is 113 cm³/mol. The van der Waals surface area contributed by atoms with Crippen LogP contribution in [0.1, 0.15) is 16.1 Å². The van der Waals surface area contributed by atoms with E-state index in [1.165, 1.54) is 12.1 Å². The second-order valence-electron chi connectivity index (χ2n) is 6.99. The first kappa shape index (κ1) is 18.0. The molecule has 1 amide bonds. The number of carbonyl (C=O) groups excluding carboxylic acids is 1. The maximum atomic E-state index is 13.0. The van der Waals surface area contributed by atoms with E-state index in [9.17, 15) is 9.18 Å². The summed E-state index contributed by atoms with van der Waals surface area (Å²) in [4.78, 5) is 21.3. The third kappa shape index (κ3) is 3.39. The van der Waals surface area contributed by atoms with Gasteiger partial charge in [0.1, 0.15) is 17.2 Å². The molecule has 5 aromatic rings. The van der Waals surface area contributed by atoms with Crippen molar-refractivity contribution in [2.45, 2.75) is 6.54 Å². The molecule has 0 spiro atoms. The molecule has 0 saturated carbocycles. The predicted octanol–water partition coefficient (Wildman–Crippen LogP) is 4.62. The van der Waals surface area contributed by atoms with Crippen molar-refractivity contribution < 1.29 is 9.18 Å². The molecule has 0 unspecified atom stereocenters. The summed E-state index contributed by atoms with van der Waals surface area (Å²) in [6.45, 7) is 0.307. The van der Waals surface area contributed by atoms with E-state index in [4.69, 9.17) is 0 Å². The Bertz CT molecular complexity index is 1370.